The summed E-state index contributed by atoms with van der Waals surface area (Å²) >= 11 is 0. The molecule has 0 aliphatic rings. The molecule has 0 aromatic heterocycles. The van der Waals surface area contributed by atoms with Crippen LogP contribution in [0.5, 0.6) is 5.75 Å². The normalized spacial score (nSPS) is 10.6. The lowest BCUT2D eigenvalue weighted by Crippen LogP contribution is -2.08. The molecular weight excluding hydrogens is 230 g/mol. The van der Waals surface area contributed by atoms with E-state index < -0.39 is 28.9 Å². The van der Waals surface area contributed by atoms with Gasteiger partial charge in [-0.2, -0.15) is 0 Å². The third kappa shape index (κ3) is 3.69. The summed E-state index contributed by atoms with van der Waals surface area (Å²) in [6, 6.07) is 1.35. The van der Waals surface area contributed by atoms with Gasteiger partial charge in [0.05, 0.1) is 6.61 Å². The fraction of sp³-hybridized carbons (Fsp3) is 0.417. The lowest BCUT2D eigenvalue weighted by Gasteiger charge is -2.11. The Hall–Kier alpha value is -1.65. The van der Waals surface area contributed by atoms with Crippen LogP contribution >= 0.6 is 0 Å². The van der Waals surface area contributed by atoms with E-state index in [1.807, 2.05) is 13.8 Å². The number of carbonyl (C=O) groups is 1. The number of aromatic carboxylic acids is 1. The molecule has 0 fully saturated rings. The number of rotatable bonds is 5. The Kier molecular flexibility index (Phi) is 4.43. The van der Waals surface area contributed by atoms with Crippen molar-refractivity contribution in [2.24, 2.45) is 5.92 Å². The Morgan fingerprint density at radius 2 is 2.06 bits per heavy atom. The predicted octanol–water partition coefficient (Wildman–Crippen LogP) is 3.09. The van der Waals surface area contributed by atoms with Crippen LogP contribution in [0.15, 0.2) is 12.1 Å². The summed E-state index contributed by atoms with van der Waals surface area (Å²) < 4.78 is 31.3. The van der Waals surface area contributed by atoms with E-state index >= 15 is 0 Å². The molecule has 0 saturated carbocycles. The number of benzene rings is 1. The van der Waals surface area contributed by atoms with E-state index in [-0.39, 0.29) is 6.61 Å². The zero-order valence-corrected chi connectivity index (χ0v) is 9.67. The van der Waals surface area contributed by atoms with Crippen LogP contribution in [-0.2, 0) is 0 Å². The van der Waals surface area contributed by atoms with Crippen molar-refractivity contribution in [3.63, 3.8) is 0 Å². The van der Waals surface area contributed by atoms with Crippen LogP contribution < -0.4 is 4.74 Å². The molecule has 0 saturated heterocycles. The number of halogens is 2. The number of hydrogen-bond donors (Lipinski definition) is 1. The predicted molar refractivity (Wildman–Crippen MR) is 58.3 cm³/mol. The Bertz CT molecular complexity index is 416. The van der Waals surface area contributed by atoms with Crippen LogP contribution in [-0.4, -0.2) is 17.7 Å². The monoisotopic (exact) mass is 244 g/mol. The molecule has 0 spiro atoms. The lowest BCUT2D eigenvalue weighted by molar-refractivity contribution is 0.0690. The molecular formula is C12H14F2O3. The summed E-state index contributed by atoms with van der Waals surface area (Å²) in [4.78, 5) is 10.8. The van der Waals surface area contributed by atoms with E-state index in [1.54, 1.807) is 0 Å². The third-order valence-corrected chi connectivity index (χ3v) is 2.18. The van der Waals surface area contributed by atoms with Gasteiger partial charge in [-0.3, -0.25) is 0 Å². The van der Waals surface area contributed by atoms with Crippen LogP contribution in [0.2, 0.25) is 0 Å². The molecule has 1 aromatic rings. The first-order valence-electron chi connectivity index (χ1n) is 5.27. The van der Waals surface area contributed by atoms with Crippen molar-refractivity contribution in [3.8, 4) is 5.75 Å². The van der Waals surface area contributed by atoms with Crippen molar-refractivity contribution in [1.29, 1.82) is 0 Å². The topological polar surface area (TPSA) is 46.5 Å². The second kappa shape index (κ2) is 5.61. The standard InChI is InChI=1S/C12H14F2O3/c1-7(2)3-4-17-11-9(12(15)16)5-8(13)6-10(11)14/h5-7H,3-4H2,1-2H3,(H,15,16). The van der Waals surface area contributed by atoms with Gasteiger partial charge in [-0.15, -0.1) is 0 Å². The second-order valence-electron chi connectivity index (χ2n) is 4.10. The Balaban J connectivity index is 2.92. The van der Waals surface area contributed by atoms with Gasteiger partial charge in [-0.25, -0.2) is 13.6 Å². The first-order chi connectivity index (χ1) is 7.91. The maximum atomic E-state index is 13.4. The lowest BCUT2D eigenvalue weighted by atomic mass is 10.1. The molecule has 0 unspecified atom stereocenters. The minimum Gasteiger partial charge on any atom is -0.490 e. The van der Waals surface area contributed by atoms with E-state index in [1.165, 1.54) is 0 Å². The smallest absolute Gasteiger partial charge is 0.339 e. The highest BCUT2D eigenvalue weighted by Gasteiger charge is 2.18. The summed E-state index contributed by atoms with van der Waals surface area (Å²) in [5, 5.41) is 8.81. The van der Waals surface area contributed by atoms with Crippen molar-refractivity contribution in [1.82, 2.24) is 0 Å². The van der Waals surface area contributed by atoms with Gasteiger partial charge in [-0.05, 0) is 18.4 Å². The fourth-order valence-electron chi connectivity index (χ4n) is 1.26. The SMILES string of the molecule is CC(C)CCOc1c(F)cc(F)cc1C(=O)O. The van der Waals surface area contributed by atoms with Gasteiger partial charge in [0.25, 0.3) is 0 Å². The van der Waals surface area contributed by atoms with Crippen LogP contribution in [0.3, 0.4) is 0 Å². The van der Waals surface area contributed by atoms with E-state index in [0.29, 0.717) is 18.4 Å². The second-order valence-corrected chi connectivity index (χ2v) is 4.10. The molecule has 0 aliphatic heterocycles. The van der Waals surface area contributed by atoms with Gasteiger partial charge >= 0.3 is 5.97 Å². The van der Waals surface area contributed by atoms with E-state index in [0.717, 1.165) is 6.07 Å². The summed E-state index contributed by atoms with van der Waals surface area (Å²) in [5.41, 5.74) is -0.494. The average Bonchev–Trinajstić information content (AvgIpc) is 2.19. The summed E-state index contributed by atoms with van der Waals surface area (Å²) in [6.45, 7) is 4.12. The molecule has 0 heterocycles. The molecule has 3 nitrogen and oxygen atoms in total. The first kappa shape index (κ1) is 13.4. The largest absolute Gasteiger partial charge is 0.490 e. The summed E-state index contributed by atoms with van der Waals surface area (Å²) in [6.07, 6.45) is 0.663. The zero-order chi connectivity index (χ0) is 13.0. The van der Waals surface area contributed by atoms with Crippen molar-refractivity contribution in [2.45, 2.75) is 20.3 Å². The Morgan fingerprint density at radius 1 is 1.41 bits per heavy atom. The molecule has 94 valence electrons. The molecule has 17 heavy (non-hydrogen) atoms. The highest BCUT2D eigenvalue weighted by atomic mass is 19.1. The Morgan fingerprint density at radius 3 is 2.59 bits per heavy atom. The number of ether oxygens (including phenoxy) is 1. The average molecular weight is 244 g/mol. The molecule has 0 amide bonds. The number of hydrogen-bond acceptors (Lipinski definition) is 2. The fourth-order valence-corrected chi connectivity index (χ4v) is 1.26. The Labute approximate surface area is 98.0 Å². The minimum absolute atomic E-state index is 0.195. The highest BCUT2D eigenvalue weighted by Crippen LogP contribution is 2.24. The summed E-state index contributed by atoms with van der Waals surface area (Å²) in [5.74, 6) is -3.39. The van der Waals surface area contributed by atoms with Crippen LogP contribution in [0, 0.1) is 17.6 Å². The molecule has 1 aromatic carbocycles. The maximum absolute atomic E-state index is 13.4. The number of carboxylic acids is 1. The third-order valence-electron chi connectivity index (χ3n) is 2.18. The highest BCUT2D eigenvalue weighted by molar-refractivity contribution is 5.90. The van der Waals surface area contributed by atoms with Gasteiger partial charge in [0, 0.05) is 6.07 Å². The van der Waals surface area contributed by atoms with Gasteiger partial charge in [0.1, 0.15) is 11.4 Å². The van der Waals surface area contributed by atoms with Crippen molar-refractivity contribution in [3.05, 3.63) is 29.3 Å². The van der Waals surface area contributed by atoms with E-state index in [2.05, 4.69) is 0 Å². The maximum Gasteiger partial charge on any atom is 0.339 e. The molecule has 1 N–H and O–H groups in total. The number of carboxylic acid groups (broad SMARTS) is 1. The minimum atomic E-state index is -1.41. The van der Waals surface area contributed by atoms with E-state index in [9.17, 15) is 13.6 Å². The van der Waals surface area contributed by atoms with Crippen LogP contribution in [0.4, 0.5) is 8.78 Å². The molecule has 0 atom stereocenters. The van der Waals surface area contributed by atoms with Gasteiger partial charge in [-0.1, -0.05) is 13.8 Å². The zero-order valence-electron chi connectivity index (χ0n) is 9.67. The van der Waals surface area contributed by atoms with Gasteiger partial charge in [0.2, 0.25) is 0 Å². The molecule has 1 rings (SSSR count). The first-order valence-corrected chi connectivity index (χ1v) is 5.27. The van der Waals surface area contributed by atoms with Crippen LogP contribution in [0.25, 0.3) is 0 Å². The van der Waals surface area contributed by atoms with Gasteiger partial charge < -0.3 is 9.84 Å². The van der Waals surface area contributed by atoms with Crippen LogP contribution in [0.1, 0.15) is 30.6 Å². The molecule has 5 heteroatoms. The summed E-state index contributed by atoms with van der Waals surface area (Å²) in [7, 11) is 0. The van der Waals surface area contributed by atoms with Crippen molar-refractivity contribution in [2.75, 3.05) is 6.61 Å². The quantitative estimate of drug-likeness (QED) is 0.865. The molecule has 0 radical (unpaired) electrons. The van der Waals surface area contributed by atoms with Gasteiger partial charge in [0.15, 0.2) is 11.6 Å². The van der Waals surface area contributed by atoms with E-state index in [4.69, 9.17) is 9.84 Å². The molecule has 0 bridgehead atoms. The molecule has 0 aliphatic carbocycles. The van der Waals surface area contributed by atoms with Crippen molar-refractivity contribution >= 4 is 5.97 Å². The van der Waals surface area contributed by atoms with Crippen molar-refractivity contribution < 1.29 is 23.4 Å².